The molecule has 1 atom stereocenters. The van der Waals surface area contributed by atoms with Crippen LogP contribution in [0.25, 0.3) is 0 Å². The van der Waals surface area contributed by atoms with Crippen molar-refractivity contribution in [2.75, 3.05) is 6.54 Å². The van der Waals surface area contributed by atoms with E-state index in [1.165, 1.54) is 10.9 Å². The lowest BCUT2D eigenvalue weighted by Gasteiger charge is -2.18. The predicted molar refractivity (Wildman–Crippen MR) is 80.6 cm³/mol. The van der Waals surface area contributed by atoms with Gasteiger partial charge in [0.25, 0.3) is 0 Å². The summed E-state index contributed by atoms with van der Waals surface area (Å²) in [6, 6.07) is 8.75. The van der Waals surface area contributed by atoms with Gasteiger partial charge in [0.1, 0.15) is 5.82 Å². The molecule has 0 saturated carbocycles. The summed E-state index contributed by atoms with van der Waals surface area (Å²) >= 11 is 7.71. The molecular formula is C15H17ClFNS. The third-order valence-corrected chi connectivity index (χ3v) is 4.52. The highest BCUT2D eigenvalue weighted by Gasteiger charge is 2.19. The Morgan fingerprint density at radius 2 is 2.05 bits per heavy atom. The molecule has 1 aromatic carbocycles. The van der Waals surface area contributed by atoms with E-state index in [9.17, 15) is 4.39 Å². The Hall–Kier alpha value is -0.900. The molecule has 0 bridgehead atoms. The fourth-order valence-corrected chi connectivity index (χ4v) is 3.27. The van der Waals surface area contributed by atoms with Crippen molar-refractivity contribution in [3.05, 3.63) is 56.5 Å². The first-order valence-electron chi connectivity index (χ1n) is 6.42. The van der Waals surface area contributed by atoms with Gasteiger partial charge in [-0.2, -0.15) is 0 Å². The highest BCUT2D eigenvalue weighted by molar-refractivity contribution is 7.12. The summed E-state index contributed by atoms with van der Waals surface area (Å²) in [5, 5.41) is 3.89. The number of aryl methyl sites for hydroxylation is 1. The number of hydrogen-bond acceptors (Lipinski definition) is 2. The van der Waals surface area contributed by atoms with E-state index in [0.717, 1.165) is 17.8 Å². The molecule has 1 nitrogen and oxygen atoms in total. The van der Waals surface area contributed by atoms with Crippen LogP contribution in [0.2, 0.25) is 5.02 Å². The lowest BCUT2D eigenvalue weighted by atomic mass is 10.0. The summed E-state index contributed by atoms with van der Waals surface area (Å²) in [6.07, 6.45) is 1.00. The van der Waals surface area contributed by atoms with E-state index < -0.39 is 0 Å². The molecule has 0 aliphatic rings. The van der Waals surface area contributed by atoms with Gasteiger partial charge in [-0.25, -0.2) is 4.39 Å². The van der Waals surface area contributed by atoms with Crippen molar-refractivity contribution in [1.82, 2.24) is 5.32 Å². The van der Waals surface area contributed by atoms with Crippen molar-refractivity contribution in [3.63, 3.8) is 0 Å². The first-order chi connectivity index (χ1) is 9.15. The zero-order valence-corrected chi connectivity index (χ0v) is 12.6. The summed E-state index contributed by atoms with van der Waals surface area (Å²) < 4.78 is 14.0. The van der Waals surface area contributed by atoms with Crippen LogP contribution in [0.1, 0.15) is 35.2 Å². The smallest absolute Gasteiger partial charge is 0.128 e. The summed E-state index contributed by atoms with van der Waals surface area (Å²) in [5.41, 5.74) is 0.610. The molecule has 1 heterocycles. The second kappa shape index (κ2) is 6.51. The Balaban J connectivity index is 2.41. The minimum absolute atomic E-state index is 0.131. The first kappa shape index (κ1) is 14.5. The molecular weight excluding hydrogens is 281 g/mol. The van der Waals surface area contributed by atoms with Crippen molar-refractivity contribution in [1.29, 1.82) is 0 Å². The third kappa shape index (κ3) is 3.35. The van der Waals surface area contributed by atoms with E-state index in [-0.39, 0.29) is 11.9 Å². The molecule has 19 heavy (non-hydrogen) atoms. The lowest BCUT2D eigenvalue weighted by Crippen LogP contribution is -2.22. The molecule has 4 heteroatoms. The summed E-state index contributed by atoms with van der Waals surface area (Å²) in [5.74, 6) is -0.221. The number of nitrogens with one attached hydrogen (secondary N) is 1. The predicted octanol–water partition coefficient (Wildman–Crippen LogP) is 4.80. The average Bonchev–Trinajstić information content (AvgIpc) is 2.88. The molecule has 0 radical (unpaired) electrons. The molecule has 102 valence electrons. The zero-order valence-electron chi connectivity index (χ0n) is 11.0. The van der Waals surface area contributed by atoms with Crippen LogP contribution in [0, 0.1) is 5.82 Å². The second-order valence-electron chi connectivity index (χ2n) is 4.31. The van der Waals surface area contributed by atoms with Crippen LogP contribution in [-0.2, 0) is 6.42 Å². The Morgan fingerprint density at radius 1 is 1.26 bits per heavy atom. The molecule has 0 fully saturated rings. The number of rotatable bonds is 5. The maximum Gasteiger partial charge on any atom is 0.128 e. The van der Waals surface area contributed by atoms with Gasteiger partial charge < -0.3 is 5.32 Å². The van der Waals surface area contributed by atoms with Crippen LogP contribution in [0.5, 0.6) is 0 Å². The Morgan fingerprint density at radius 3 is 2.68 bits per heavy atom. The lowest BCUT2D eigenvalue weighted by molar-refractivity contribution is 0.563. The van der Waals surface area contributed by atoms with Crippen molar-refractivity contribution in [2.45, 2.75) is 26.3 Å². The van der Waals surface area contributed by atoms with Crippen LogP contribution in [0.3, 0.4) is 0 Å². The number of hydrogen-bond donors (Lipinski definition) is 1. The molecule has 2 rings (SSSR count). The zero-order chi connectivity index (χ0) is 13.8. The third-order valence-electron chi connectivity index (χ3n) is 2.99. The first-order valence-corrected chi connectivity index (χ1v) is 7.62. The van der Waals surface area contributed by atoms with E-state index >= 15 is 0 Å². The van der Waals surface area contributed by atoms with Crippen LogP contribution in [0.15, 0.2) is 30.3 Å². The fraction of sp³-hybridized carbons (Fsp3) is 0.333. The number of thiophene rings is 1. The average molecular weight is 298 g/mol. The van der Waals surface area contributed by atoms with Crippen molar-refractivity contribution in [2.24, 2.45) is 0 Å². The monoisotopic (exact) mass is 297 g/mol. The normalized spacial score (nSPS) is 12.6. The maximum atomic E-state index is 14.0. The van der Waals surface area contributed by atoms with Gasteiger partial charge in [0.05, 0.1) is 6.04 Å². The van der Waals surface area contributed by atoms with E-state index in [1.807, 2.05) is 6.92 Å². The van der Waals surface area contributed by atoms with Crippen molar-refractivity contribution < 1.29 is 4.39 Å². The SMILES string of the molecule is CCNC(c1ccc(CC)s1)c1cc(Cl)ccc1F. The molecule has 1 aromatic heterocycles. The van der Waals surface area contributed by atoms with E-state index in [1.54, 1.807) is 23.5 Å². The molecule has 1 unspecified atom stereocenters. The Labute approximate surface area is 122 Å². The van der Waals surface area contributed by atoms with E-state index in [4.69, 9.17) is 11.6 Å². The van der Waals surface area contributed by atoms with Gasteiger partial charge in [0.2, 0.25) is 0 Å². The second-order valence-corrected chi connectivity index (χ2v) is 5.95. The topological polar surface area (TPSA) is 12.0 Å². The largest absolute Gasteiger partial charge is 0.306 e. The fourth-order valence-electron chi connectivity index (χ4n) is 2.04. The molecule has 0 saturated heterocycles. The van der Waals surface area contributed by atoms with Gasteiger partial charge in [0, 0.05) is 20.3 Å². The molecule has 0 amide bonds. The summed E-state index contributed by atoms with van der Waals surface area (Å²) in [6.45, 7) is 4.91. The van der Waals surface area contributed by atoms with Gasteiger partial charge in [-0.05, 0) is 43.3 Å². The highest BCUT2D eigenvalue weighted by Crippen LogP contribution is 2.31. The van der Waals surface area contributed by atoms with Crippen LogP contribution in [-0.4, -0.2) is 6.54 Å². The minimum Gasteiger partial charge on any atom is -0.306 e. The highest BCUT2D eigenvalue weighted by atomic mass is 35.5. The Bertz CT molecular complexity index is 553. The van der Waals surface area contributed by atoms with Gasteiger partial charge >= 0.3 is 0 Å². The maximum absolute atomic E-state index is 14.0. The van der Waals surface area contributed by atoms with Crippen LogP contribution < -0.4 is 5.32 Å². The van der Waals surface area contributed by atoms with Gasteiger partial charge in [-0.15, -0.1) is 11.3 Å². The van der Waals surface area contributed by atoms with Gasteiger partial charge in [-0.3, -0.25) is 0 Å². The molecule has 0 aliphatic carbocycles. The molecule has 0 spiro atoms. The summed E-state index contributed by atoms with van der Waals surface area (Å²) in [7, 11) is 0. The van der Waals surface area contributed by atoms with Crippen molar-refractivity contribution in [3.8, 4) is 0 Å². The van der Waals surface area contributed by atoms with E-state index in [2.05, 4.69) is 24.4 Å². The van der Waals surface area contributed by atoms with E-state index in [0.29, 0.717) is 10.6 Å². The van der Waals surface area contributed by atoms with Gasteiger partial charge in [-0.1, -0.05) is 25.4 Å². The summed E-state index contributed by atoms with van der Waals surface area (Å²) in [4.78, 5) is 2.43. The molecule has 1 N–H and O–H groups in total. The van der Waals surface area contributed by atoms with Crippen molar-refractivity contribution >= 4 is 22.9 Å². The van der Waals surface area contributed by atoms with Crippen LogP contribution >= 0.6 is 22.9 Å². The quantitative estimate of drug-likeness (QED) is 0.836. The molecule has 0 aliphatic heterocycles. The Kier molecular flexibility index (Phi) is 4.97. The number of halogens is 2. The molecule has 2 aromatic rings. The minimum atomic E-state index is -0.221. The standard InChI is InChI=1S/C15H17ClFNS/c1-3-11-6-8-14(19-11)15(18-4-2)12-9-10(16)5-7-13(12)17/h5-9,15,18H,3-4H2,1-2H3. The van der Waals surface area contributed by atoms with Gasteiger partial charge in [0.15, 0.2) is 0 Å². The number of benzene rings is 1. The van der Waals surface area contributed by atoms with Crippen LogP contribution in [0.4, 0.5) is 4.39 Å².